The van der Waals surface area contributed by atoms with Crippen LogP contribution in [0.2, 0.25) is 0 Å². The molecule has 0 spiro atoms. The molecule has 0 atom stereocenters. The van der Waals surface area contributed by atoms with E-state index in [1.54, 1.807) is 12.1 Å². The molecule has 0 saturated heterocycles. The Hall–Kier alpha value is -1.78. The van der Waals surface area contributed by atoms with Crippen molar-refractivity contribution in [1.29, 1.82) is 0 Å². The summed E-state index contributed by atoms with van der Waals surface area (Å²) >= 11 is 0. The van der Waals surface area contributed by atoms with E-state index in [2.05, 4.69) is 22.0 Å². The number of nitrogen functional groups attached to an aromatic ring is 1. The number of ether oxygens (including phenoxy) is 1. The highest BCUT2D eigenvalue weighted by atomic mass is 16.5. The molecule has 3 N–H and O–H groups in total. The molecule has 1 aromatic heterocycles. The van der Waals surface area contributed by atoms with Crippen LogP contribution in [-0.4, -0.2) is 23.6 Å². The lowest BCUT2D eigenvalue weighted by molar-refractivity contribution is 0.0594. The van der Waals surface area contributed by atoms with Crippen molar-refractivity contribution >= 4 is 17.5 Å². The number of nitrogens with two attached hydrogens (primary N) is 1. The van der Waals surface area contributed by atoms with Crippen LogP contribution in [0, 0.1) is 0 Å². The van der Waals surface area contributed by atoms with Crippen LogP contribution in [0.25, 0.3) is 0 Å². The van der Waals surface area contributed by atoms with Crippen LogP contribution in [0.1, 0.15) is 30.3 Å². The number of carbonyl (C=O) groups is 1. The molecule has 1 heterocycles. The molecule has 1 aliphatic carbocycles. The summed E-state index contributed by atoms with van der Waals surface area (Å²) < 4.78 is 4.61. The van der Waals surface area contributed by atoms with Gasteiger partial charge in [-0.3, -0.25) is 0 Å². The summed E-state index contributed by atoms with van der Waals surface area (Å²) in [5.41, 5.74) is 6.68. The monoisotopic (exact) mass is 221 g/mol. The minimum Gasteiger partial charge on any atom is -0.464 e. The first-order valence-electron chi connectivity index (χ1n) is 5.17. The third-order valence-electron chi connectivity index (χ3n) is 2.74. The van der Waals surface area contributed by atoms with Crippen LogP contribution in [0.15, 0.2) is 12.1 Å². The summed E-state index contributed by atoms with van der Waals surface area (Å²) in [7, 11) is 1.33. The molecule has 5 heteroatoms. The van der Waals surface area contributed by atoms with E-state index >= 15 is 0 Å². The quantitative estimate of drug-likeness (QED) is 0.755. The van der Waals surface area contributed by atoms with Crippen LogP contribution in [0.4, 0.5) is 11.5 Å². The second kappa shape index (κ2) is 3.66. The summed E-state index contributed by atoms with van der Waals surface area (Å²) in [6.45, 7) is 2.10. The van der Waals surface area contributed by atoms with Gasteiger partial charge in [-0.15, -0.1) is 0 Å². The summed E-state index contributed by atoms with van der Waals surface area (Å²) in [5, 5.41) is 3.24. The van der Waals surface area contributed by atoms with Crippen LogP contribution in [-0.2, 0) is 4.74 Å². The van der Waals surface area contributed by atoms with Crippen molar-refractivity contribution in [3.8, 4) is 0 Å². The largest absolute Gasteiger partial charge is 0.464 e. The minimum absolute atomic E-state index is 0.0792. The predicted molar refractivity (Wildman–Crippen MR) is 61.3 cm³/mol. The Morgan fingerprint density at radius 1 is 1.56 bits per heavy atom. The molecule has 1 aromatic rings. The van der Waals surface area contributed by atoms with Crippen molar-refractivity contribution in [2.45, 2.75) is 25.3 Å². The Kier molecular flexibility index (Phi) is 2.46. The number of carbonyl (C=O) groups excluding carboxylic acids is 1. The molecule has 0 aromatic carbocycles. The second-order valence-corrected chi connectivity index (χ2v) is 4.31. The van der Waals surface area contributed by atoms with E-state index in [9.17, 15) is 4.79 Å². The van der Waals surface area contributed by atoms with Gasteiger partial charge in [0, 0.05) is 5.54 Å². The van der Waals surface area contributed by atoms with Gasteiger partial charge in [-0.05, 0) is 31.9 Å². The number of hydrogen-bond acceptors (Lipinski definition) is 5. The highest BCUT2D eigenvalue weighted by Gasteiger charge is 2.37. The number of esters is 1. The predicted octanol–water partition coefficient (Wildman–Crippen LogP) is 1.41. The van der Waals surface area contributed by atoms with E-state index in [1.807, 2.05) is 0 Å². The van der Waals surface area contributed by atoms with E-state index < -0.39 is 5.97 Å². The Labute approximate surface area is 94.0 Å². The number of methoxy groups -OCH3 is 1. The highest BCUT2D eigenvalue weighted by Crippen LogP contribution is 2.38. The second-order valence-electron chi connectivity index (χ2n) is 4.31. The lowest BCUT2D eigenvalue weighted by Gasteiger charge is -2.14. The zero-order valence-corrected chi connectivity index (χ0v) is 9.41. The number of pyridine rings is 1. The average molecular weight is 221 g/mol. The first-order chi connectivity index (χ1) is 7.54. The number of hydrogen-bond donors (Lipinski definition) is 2. The van der Waals surface area contributed by atoms with E-state index in [0.29, 0.717) is 11.5 Å². The number of rotatable bonds is 3. The summed E-state index contributed by atoms with van der Waals surface area (Å²) in [6.07, 6.45) is 2.19. The third-order valence-corrected chi connectivity index (χ3v) is 2.74. The van der Waals surface area contributed by atoms with Crippen molar-refractivity contribution in [3.05, 3.63) is 17.8 Å². The fourth-order valence-corrected chi connectivity index (χ4v) is 1.39. The smallest absolute Gasteiger partial charge is 0.356 e. The lowest BCUT2D eigenvalue weighted by atomic mass is 10.2. The van der Waals surface area contributed by atoms with Crippen molar-refractivity contribution in [1.82, 2.24) is 4.98 Å². The maximum Gasteiger partial charge on any atom is 0.356 e. The molecule has 0 amide bonds. The number of nitrogens with zero attached hydrogens (tertiary/aromatic N) is 1. The van der Waals surface area contributed by atoms with Gasteiger partial charge < -0.3 is 15.8 Å². The lowest BCUT2D eigenvalue weighted by Crippen LogP contribution is -2.19. The first kappa shape index (κ1) is 10.7. The van der Waals surface area contributed by atoms with Crippen LogP contribution in [0.5, 0.6) is 0 Å². The topological polar surface area (TPSA) is 77.2 Å². The van der Waals surface area contributed by atoms with E-state index in [1.165, 1.54) is 7.11 Å². The Balaban J connectivity index is 2.25. The number of nitrogens with one attached hydrogen (secondary N) is 1. The molecule has 1 aliphatic rings. The number of aromatic nitrogens is 1. The van der Waals surface area contributed by atoms with Gasteiger partial charge in [-0.25, -0.2) is 9.78 Å². The van der Waals surface area contributed by atoms with E-state index in [0.717, 1.165) is 12.8 Å². The van der Waals surface area contributed by atoms with Crippen molar-refractivity contribution in [3.63, 3.8) is 0 Å². The normalized spacial score (nSPS) is 16.6. The molecule has 0 aliphatic heterocycles. The van der Waals surface area contributed by atoms with E-state index in [-0.39, 0.29) is 11.2 Å². The molecule has 1 fully saturated rings. The van der Waals surface area contributed by atoms with Gasteiger partial charge in [0.25, 0.3) is 0 Å². The summed E-state index contributed by atoms with van der Waals surface area (Å²) in [6, 6.07) is 3.22. The zero-order valence-electron chi connectivity index (χ0n) is 9.41. The van der Waals surface area contributed by atoms with Gasteiger partial charge in [0.05, 0.1) is 12.8 Å². The Bertz CT molecular complexity index is 427. The van der Waals surface area contributed by atoms with E-state index in [4.69, 9.17) is 5.73 Å². The van der Waals surface area contributed by atoms with Gasteiger partial charge in [0.1, 0.15) is 0 Å². The molecule has 2 rings (SSSR count). The van der Waals surface area contributed by atoms with Crippen LogP contribution >= 0.6 is 0 Å². The molecule has 0 unspecified atom stereocenters. The SMILES string of the molecule is COC(=O)c1ccc(N)c(NC2(C)CC2)n1. The molecule has 5 nitrogen and oxygen atoms in total. The molecule has 86 valence electrons. The summed E-state index contributed by atoms with van der Waals surface area (Å²) in [4.78, 5) is 15.5. The fourth-order valence-electron chi connectivity index (χ4n) is 1.39. The zero-order chi connectivity index (χ0) is 11.8. The number of anilines is 2. The van der Waals surface area contributed by atoms with Gasteiger partial charge in [0.15, 0.2) is 11.5 Å². The van der Waals surface area contributed by atoms with Gasteiger partial charge in [0.2, 0.25) is 0 Å². The maximum atomic E-state index is 11.3. The fraction of sp³-hybridized carbons (Fsp3) is 0.455. The van der Waals surface area contributed by atoms with Gasteiger partial charge >= 0.3 is 5.97 Å². The van der Waals surface area contributed by atoms with Crippen LogP contribution in [0.3, 0.4) is 0 Å². The Morgan fingerprint density at radius 3 is 2.81 bits per heavy atom. The molecule has 1 saturated carbocycles. The Morgan fingerprint density at radius 2 is 2.25 bits per heavy atom. The van der Waals surface area contributed by atoms with Gasteiger partial charge in [-0.2, -0.15) is 0 Å². The maximum absolute atomic E-state index is 11.3. The average Bonchev–Trinajstić information content (AvgIpc) is 2.98. The third kappa shape index (κ3) is 2.08. The van der Waals surface area contributed by atoms with Gasteiger partial charge in [-0.1, -0.05) is 0 Å². The highest BCUT2D eigenvalue weighted by molar-refractivity contribution is 5.88. The van der Waals surface area contributed by atoms with Crippen molar-refractivity contribution < 1.29 is 9.53 Å². The molecule has 16 heavy (non-hydrogen) atoms. The minimum atomic E-state index is -0.455. The molecule has 0 bridgehead atoms. The van der Waals surface area contributed by atoms with Crippen molar-refractivity contribution in [2.75, 3.05) is 18.2 Å². The van der Waals surface area contributed by atoms with Crippen LogP contribution < -0.4 is 11.1 Å². The standard InChI is InChI=1S/C11H15N3O2/c1-11(5-6-11)14-9-7(12)3-4-8(13-9)10(15)16-2/h3-4H,5-6,12H2,1-2H3,(H,13,14). The first-order valence-corrected chi connectivity index (χ1v) is 5.17. The molecular weight excluding hydrogens is 206 g/mol. The molecular formula is C11H15N3O2. The molecule has 0 radical (unpaired) electrons. The van der Waals surface area contributed by atoms with Crippen molar-refractivity contribution in [2.24, 2.45) is 0 Å². The summed E-state index contributed by atoms with van der Waals surface area (Å²) in [5.74, 6) is 0.104.